The lowest BCUT2D eigenvalue weighted by Crippen LogP contribution is -2.51. The second-order valence-corrected chi connectivity index (χ2v) is 5.42. The van der Waals surface area contributed by atoms with Gasteiger partial charge in [0.15, 0.2) is 0 Å². The number of aromatic nitrogens is 1. The van der Waals surface area contributed by atoms with E-state index >= 15 is 0 Å². The quantitative estimate of drug-likeness (QED) is 0.892. The first-order chi connectivity index (χ1) is 9.08. The molecule has 2 unspecified atom stereocenters. The summed E-state index contributed by atoms with van der Waals surface area (Å²) in [5.74, 6) is 0.0530. The van der Waals surface area contributed by atoms with E-state index in [0.29, 0.717) is 18.9 Å². The molecule has 0 radical (unpaired) electrons. The summed E-state index contributed by atoms with van der Waals surface area (Å²) in [6, 6.07) is 0.555. The molecule has 2 rings (SSSR count). The number of hydrogen-bond acceptors (Lipinski definition) is 4. The van der Waals surface area contributed by atoms with Crippen molar-refractivity contribution in [2.24, 2.45) is 0 Å². The summed E-state index contributed by atoms with van der Waals surface area (Å²) in [4.78, 5) is 11.9. The van der Waals surface area contributed by atoms with Crippen molar-refractivity contribution in [1.29, 1.82) is 0 Å². The van der Waals surface area contributed by atoms with Crippen molar-refractivity contribution in [1.82, 2.24) is 15.8 Å². The van der Waals surface area contributed by atoms with Crippen LogP contribution in [-0.2, 0) is 11.2 Å². The number of halogens is 2. The summed E-state index contributed by atoms with van der Waals surface area (Å²) in [7, 11) is 0. The molecule has 0 aromatic carbocycles. The Morgan fingerprint density at radius 3 is 2.95 bits per heavy atom. The SMILES string of the molecule is Cc1noc(Cl)c1CCC(=O)NC1CCCNC1C.Cl. The molecule has 20 heavy (non-hydrogen) atoms. The van der Waals surface area contributed by atoms with E-state index in [1.165, 1.54) is 0 Å². The largest absolute Gasteiger partial charge is 0.352 e. The van der Waals surface area contributed by atoms with Gasteiger partial charge in [0.2, 0.25) is 11.1 Å². The molecule has 0 bridgehead atoms. The Balaban J connectivity index is 0.00000200. The average Bonchev–Trinajstić information content (AvgIpc) is 2.70. The van der Waals surface area contributed by atoms with Gasteiger partial charge in [0.1, 0.15) is 0 Å². The van der Waals surface area contributed by atoms with Gasteiger partial charge in [0.05, 0.1) is 5.69 Å². The van der Waals surface area contributed by atoms with Crippen molar-refractivity contribution in [3.05, 3.63) is 16.5 Å². The molecule has 2 atom stereocenters. The van der Waals surface area contributed by atoms with E-state index in [2.05, 4.69) is 22.7 Å². The number of aryl methyl sites for hydroxylation is 1. The Kier molecular flexibility index (Phi) is 6.79. The molecule has 2 heterocycles. The zero-order chi connectivity index (χ0) is 13.8. The Hall–Kier alpha value is -0.780. The van der Waals surface area contributed by atoms with Crippen LogP contribution in [0.4, 0.5) is 0 Å². The molecule has 1 aliphatic heterocycles. The number of rotatable bonds is 4. The van der Waals surface area contributed by atoms with Gasteiger partial charge in [-0.05, 0) is 51.3 Å². The van der Waals surface area contributed by atoms with Crippen LogP contribution >= 0.6 is 24.0 Å². The Morgan fingerprint density at radius 2 is 2.35 bits per heavy atom. The van der Waals surface area contributed by atoms with E-state index in [9.17, 15) is 4.79 Å². The number of carbonyl (C=O) groups excluding carboxylic acids is 1. The van der Waals surface area contributed by atoms with Gasteiger partial charge in [-0.2, -0.15) is 0 Å². The van der Waals surface area contributed by atoms with Crippen molar-refractivity contribution >= 4 is 29.9 Å². The monoisotopic (exact) mass is 321 g/mol. The highest BCUT2D eigenvalue weighted by Crippen LogP contribution is 2.20. The molecule has 114 valence electrons. The number of amides is 1. The maximum absolute atomic E-state index is 11.9. The van der Waals surface area contributed by atoms with Crippen molar-refractivity contribution < 1.29 is 9.32 Å². The lowest BCUT2D eigenvalue weighted by atomic mass is 9.99. The van der Waals surface area contributed by atoms with Gasteiger partial charge in [0.25, 0.3) is 0 Å². The summed E-state index contributed by atoms with van der Waals surface area (Å²) in [5, 5.41) is 10.5. The molecule has 1 aromatic rings. The first kappa shape index (κ1) is 17.3. The van der Waals surface area contributed by atoms with Crippen LogP contribution in [0.2, 0.25) is 5.22 Å². The van der Waals surface area contributed by atoms with Crippen LogP contribution in [0.25, 0.3) is 0 Å². The minimum absolute atomic E-state index is 0. The Bertz CT molecular complexity index is 431. The van der Waals surface area contributed by atoms with Crippen LogP contribution in [0.3, 0.4) is 0 Å². The van der Waals surface area contributed by atoms with Crippen LogP contribution in [0.5, 0.6) is 0 Å². The van der Waals surface area contributed by atoms with Gasteiger partial charge < -0.3 is 15.2 Å². The minimum atomic E-state index is 0. The fraction of sp³-hybridized carbons (Fsp3) is 0.692. The van der Waals surface area contributed by atoms with Crippen LogP contribution in [0.15, 0.2) is 4.52 Å². The zero-order valence-corrected chi connectivity index (χ0v) is 13.3. The maximum atomic E-state index is 11.9. The standard InChI is InChI=1S/C13H20ClN3O2.ClH/c1-8-10(13(14)19-17-8)5-6-12(18)16-11-4-3-7-15-9(11)2;/h9,11,15H,3-7H2,1-2H3,(H,16,18);1H. The number of carbonyl (C=O) groups is 1. The third-order valence-electron chi connectivity index (χ3n) is 3.65. The van der Waals surface area contributed by atoms with Crippen molar-refractivity contribution in [2.45, 2.75) is 51.6 Å². The van der Waals surface area contributed by atoms with Crippen molar-refractivity contribution in [3.63, 3.8) is 0 Å². The lowest BCUT2D eigenvalue weighted by Gasteiger charge is -2.30. The number of piperidine rings is 1. The van der Waals surface area contributed by atoms with Gasteiger partial charge in [-0.3, -0.25) is 4.79 Å². The van der Waals surface area contributed by atoms with E-state index in [-0.39, 0.29) is 29.6 Å². The molecule has 1 fully saturated rings. The van der Waals surface area contributed by atoms with E-state index in [0.717, 1.165) is 30.6 Å². The number of nitrogens with zero attached hydrogens (tertiary/aromatic N) is 1. The van der Waals surface area contributed by atoms with Crippen LogP contribution in [0.1, 0.15) is 37.4 Å². The average molecular weight is 322 g/mol. The summed E-state index contributed by atoms with van der Waals surface area (Å²) < 4.78 is 4.87. The highest BCUT2D eigenvalue weighted by Gasteiger charge is 2.22. The van der Waals surface area contributed by atoms with Crippen LogP contribution in [-0.4, -0.2) is 29.7 Å². The topological polar surface area (TPSA) is 67.2 Å². The Morgan fingerprint density at radius 1 is 1.60 bits per heavy atom. The highest BCUT2D eigenvalue weighted by molar-refractivity contribution is 6.29. The van der Waals surface area contributed by atoms with E-state index in [4.69, 9.17) is 16.1 Å². The molecular formula is C13H21Cl2N3O2. The molecule has 2 N–H and O–H groups in total. The van der Waals surface area contributed by atoms with Gasteiger partial charge in [-0.15, -0.1) is 12.4 Å². The summed E-state index contributed by atoms with van der Waals surface area (Å²) in [6.07, 6.45) is 3.11. The molecule has 0 aliphatic carbocycles. The smallest absolute Gasteiger partial charge is 0.229 e. The van der Waals surface area contributed by atoms with Crippen molar-refractivity contribution in [2.75, 3.05) is 6.54 Å². The molecule has 1 amide bonds. The summed E-state index contributed by atoms with van der Waals surface area (Å²) in [6.45, 7) is 4.96. The minimum Gasteiger partial charge on any atom is -0.352 e. The predicted octanol–water partition coefficient (Wildman–Crippen LogP) is 2.25. The fourth-order valence-corrected chi connectivity index (χ4v) is 2.66. The lowest BCUT2D eigenvalue weighted by molar-refractivity contribution is -0.122. The molecule has 5 nitrogen and oxygen atoms in total. The molecule has 7 heteroatoms. The second-order valence-electron chi connectivity index (χ2n) is 5.08. The van der Waals surface area contributed by atoms with Crippen LogP contribution < -0.4 is 10.6 Å². The molecule has 1 saturated heterocycles. The van der Waals surface area contributed by atoms with E-state index in [1.54, 1.807) is 0 Å². The molecule has 0 spiro atoms. The predicted molar refractivity (Wildman–Crippen MR) is 80.4 cm³/mol. The zero-order valence-electron chi connectivity index (χ0n) is 11.7. The van der Waals surface area contributed by atoms with E-state index in [1.807, 2.05) is 6.92 Å². The normalized spacial score (nSPS) is 22.1. The molecular weight excluding hydrogens is 301 g/mol. The number of nitrogens with one attached hydrogen (secondary N) is 2. The molecule has 0 saturated carbocycles. The number of hydrogen-bond donors (Lipinski definition) is 2. The molecule has 1 aliphatic rings. The first-order valence-electron chi connectivity index (χ1n) is 6.71. The van der Waals surface area contributed by atoms with Crippen molar-refractivity contribution in [3.8, 4) is 0 Å². The summed E-state index contributed by atoms with van der Waals surface area (Å²) in [5.41, 5.74) is 1.58. The second kappa shape index (κ2) is 7.86. The van der Waals surface area contributed by atoms with Gasteiger partial charge in [-0.1, -0.05) is 5.16 Å². The maximum Gasteiger partial charge on any atom is 0.229 e. The third kappa shape index (κ3) is 4.36. The van der Waals surface area contributed by atoms with Gasteiger partial charge >= 0.3 is 0 Å². The van der Waals surface area contributed by atoms with Crippen LogP contribution in [0, 0.1) is 6.92 Å². The molecule has 1 aromatic heterocycles. The van der Waals surface area contributed by atoms with Gasteiger partial charge in [0, 0.05) is 24.1 Å². The third-order valence-corrected chi connectivity index (χ3v) is 3.94. The first-order valence-corrected chi connectivity index (χ1v) is 7.09. The fourth-order valence-electron chi connectivity index (χ4n) is 2.40. The highest BCUT2D eigenvalue weighted by atomic mass is 35.5. The Labute approximate surface area is 130 Å². The van der Waals surface area contributed by atoms with E-state index < -0.39 is 0 Å². The summed E-state index contributed by atoms with van der Waals surface area (Å²) >= 11 is 5.87. The van der Waals surface area contributed by atoms with Gasteiger partial charge in [-0.25, -0.2) is 0 Å².